The highest BCUT2D eigenvalue weighted by molar-refractivity contribution is 6.10. The van der Waals surface area contributed by atoms with E-state index in [1.54, 1.807) is 29.2 Å². The van der Waals surface area contributed by atoms with E-state index in [2.05, 4.69) is 20.2 Å². The van der Waals surface area contributed by atoms with Crippen LogP contribution in [0.3, 0.4) is 0 Å². The summed E-state index contributed by atoms with van der Waals surface area (Å²) in [5.74, 6) is 0.435. The standard InChI is InChI=1S/C26H20F3N5O/c1-16-4-3-13-30-25(16)32-31-15-17-5-11-21-19(14-17)8-12-22-23(21)33-34(2)24(22)18-6-9-20(10-7-18)35-26(27,28)29/h3-15H,1-2H3,(H,30,32)/b31-15+. The van der Waals surface area contributed by atoms with Gasteiger partial charge in [0.15, 0.2) is 0 Å². The number of pyridine rings is 1. The predicted octanol–water partition coefficient (Wildman–Crippen LogP) is 6.44. The van der Waals surface area contributed by atoms with E-state index in [4.69, 9.17) is 5.10 Å². The molecule has 3 aromatic carbocycles. The molecule has 0 saturated heterocycles. The summed E-state index contributed by atoms with van der Waals surface area (Å²) in [5.41, 5.74) is 7.22. The Morgan fingerprint density at radius 2 is 1.77 bits per heavy atom. The Kier molecular flexibility index (Phi) is 5.60. The molecule has 0 unspecified atom stereocenters. The van der Waals surface area contributed by atoms with E-state index < -0.39 is 6.36 Å². The minimum Gasteiger partial charge on any atom is -0.406 e. The molecular formula is C26H20F3N5O. The average Bonchev–Trinajstić information content (AvgIpc) is 3.16. The van der Waals surface area contributed by atoms with Crippen molar-refractivity contribution in [1.29, 1.82) is 0 Å². The second-order valence-electron chi connectivity index (χ2n) is 8.03. The molecular weight excluding hydrogens is 455 g/mol. The van der Waals surface area contributed by atoms with Crippen LogP contribution in [0.2, 0.25) is 0 Å². The maximum absolute atomic E-state index is 12.5. The fourth-order valence-electron chi connectivity index (χ4n) is 4.01. The minimum atomic E-state index is -4.73. The van der Waals surface area contributed by atoms with Gasteiger partial charge >= 0.3 is 6.36 Å². The lowest BCUT2D eigenvalue weighted by molar-refractivity contribution is -0.274. The summed E-state index contributed by atoms with van der Waals surface area (Å²) in [7, 11) is 1.81. The molecule has 0 radical (unpaired) electrons. The lowest BCUT2D eigenvalue weighted by Crippen LogP contribution is -2.16. The first-order chi connectivity index (χ1) is 16.8. The number of fused-ring (bicyclic) bond motifs is 3. The molecule has 0 atom stereocenters. The number of alkyl halides is 3. The monoisotopic (exact) mass is 475 g/mol. The lowest BCUT2D eigenvalue weighted by Gasteiger charge is -2.09. The molecule has 0 aliphatic carbocycles. The first-order valence-electron chi connectivity index (χ1n) is 10.7. The number of hydrogen-bond donors (Lipinski definition) is 1. The van der Waals surface area contributed by atoms with Gasteiger partial charge < -0.3 is 4.74 Å². The number of rotatable bonds is 5. The van der Waals surface area contributed by atoms with Crippen molar-refractivity contribution in [2.45, 2.75) is 13.3 Å². The van der Waals surface area contributed by atoms with E-state index in [-0.39, 0.29) is 5.75 Å². The average molecular weight is 475 g/mol. The maximum Gasteiger partial charge on any atom is 0.573 e. The number of benzene rings is 3. The van der Waals surface area contributed by atoms with Crippen molar-refractivity contribution >= 4 is 33.7 Å². The van der Waals surface area contributed by atoms with Crippen molar-refractivity contribution in [3.8, 4) is 17.0 Å². The van der Waals surface area contributed by atoms with E-state index in [0.717, 1.165) is 44.1 Å². The van der Waals surface area contributed by atoms with Gasteiger partial charge in [0.25, 0.3) is 0 Å². The maximum atomic E-state index is 12.5. The number of aromatic nitrogens is 3. The van der Waals surface area contributed by atoms with Crippen molar-refractivity contribution in [3.63, 3.8) is 0 Å². The van der Waals surface area contributed by atoms with Crippen LogP contribution in [0, 0.1) is 6.92 Å². The highest BCUT2D eigenvalue weighted by Crippen LogP contribution is 2.34. The predicted molar refractivity (Wildman–Crippen MR) is 131 cm³/mol. The zero-order valence-corrected chi connectivity index (χ0v) is 18.8. The zero-order valence-electron chi connectivity index (χ0n) is 18.8. The van der Waals surface area contributed by atoms with Gasteiger partial charge in [-0.15, -0.1) is 13.2 Å². The summed E-state index contributed by atoms with van der Waals surface area (Å²) in [5, 5.41) is 11.8. The molecule has 0 aliphatic heterocycles. The van der Waals surface area contributed by atoms with E-state index in [1.165, 1.54) is 12.1 Å². The van der Waals surface area contributed by atoms with Crippen LogP contribution in [0.25, 0.3) is 32.9 Å². The molecule has 9 heteroatoms. The van der Waals surface area contributed by atoms with Crippen LogP contribution in [0.1, 0.15) is 11.1 Å². The quantitative estimate of drug-likeness (QED) is 0.235. The molecule has 0 bridgehead atoms. The Morgan fingerprint density at radius 1 is 1.00 bits per heavy atom. The van der Waals surface area contributed by atoms with Crippen LogP contribution in [-0.2, 0) is 7.05 Å². The van der Waals surface area contributed by atoms with Gasteiger partial charge in [-0.25, -0.2) is 4.98 Å². The third kappa shape index (κ3) is 4.65. The second kappa shape index (κ2) is 8.75. The summed E-state index contributed by atoms with van der Waals surface area (Å²) in [6, 6.07) is 19.5. The van der Waals surface area contributed by atoms with Crippen LogP contribution in [0.4, 0.5) is 19.0 Å². The highest BCUT2D eigenvalue weighted by Gasteiger charge is 2.31. The van der Waals surface area contributed by atoms with Crippen LogP contribution >= 0.6 is 0 Å². The number of ether oxygens (including phenoxy) is 1. The van der Waals surface area contributed by atoms with Gasteiger partial charge in [0, 0.05) is 29.6 Å². The summed E-state index contributed by atoms with van der Waals surface area (Å²) in [6.45, 7) is 1.96. The molecule has 5 rings (SSSR count). The summed E-state index contributed by atoms with van der Waals surface area (Å²) >= 11 is 0. The van der Waals surface area contributed by atoms with Crippen molar-refractivity contribution < 1.29 is 17.9 Å². The largest absolute Gasteiger partial charge is 0.573 e. The molecule has 176 valence electrons. The van der Waals surface area contributed by atoms with Crippen LogP contribution in [0.15, 0.2) is 78.0 Å². The van der Waals surface area contributed by atoms with Gasteiger partial charge in [-0.2, -0.15) is 10.2 Å². The van der Waals surface area contributed by atoms with Crippen molar-refractivity contribution in [1.82, 2.24) is 14.8 Å². The number of anilines is 1. The molecule has 0 spiro atoms. The number of halogens is 3. The molecule has 0 saturated carbocycles. The lowest BCUT2D eigenvalue weighted by atomic mass is 10.0. The van der Waals surface area contributed by atoms with Crippen molar-refractivity contribution in [2.75, 3.05) is 5.43 Å². The van der Waals surface area contributed by atoms with Crippen molar-refractivity contribution in [3.05, 3.63) is 84.1 Å². The first kappa shape index (κ1) is 22.4. The third-order valence-corrected chi connectivity index (χ3v) is 5.60. The van der Waals surface area contributed by atoms with Crippen molar-refractivity contribution in [2.24, 2.45) is 12.1 Å². The fourth-order valence-corrected chi connectivity index (χ4v) is 4.01. The minimum absolute atomic E-state index is 0.264. The number of aryl methyl sites for hydroxylation is 2. The zero-order chi connectivity index (χ0) is 24.6. The normalized spacial score (nSPS) is 12.0. The third-order valence-electron chi connectivity index (χ3n) is 5.60. The SMILES string of the molecule is Cc1cccnc1N/N=C/c1ccc2c(ccc3c(-c4ccc(OC(F)(F)F)cc4)n(C)nc32)c1. The van der Waals surface area contributed by atoms with Crippen LogP contribution < -0.4 is 10.2 Å². The smallest absolute Gasteiger partial charge is 0.406 e. The topological polar surface area (TPSA) is 64.3 Å². The Morgan fingerprint density at radius 3 is 2.51 bits per heavy atom. The van der Waals surface area contributed by atoms with Gasteiger partial charge in [0.05, 0.1) is 11.9 Å². The van der Waals surface area contributed by atoms with Gasteiger partial charge in [-0.3, -0.25) is 10.1 Å². The van der Waals surface area contributed by atoms with Gasteiger partial charge in [-0.1, -0.05) is 24.3 Å². The molecule has 0 amide bonds. The van der Waals surface area contributed by atoms with E-state index in [9.17, 15) is 13.2 Å². The number of nitrogens with one attached hydrogen (secondary N) is 1. The van der Waals surface area contributed by atoms with E-state index in [0.29, 0.717) is 5.82 Å². The van der Waals surface area contributed by atoms with Crippen LogP contribution in [-0.4, -0.2) is 27.3 Å². The van der Waals surface area contributed by atoms with Gasteiger partial charge in [0.1, 0.15) is 17.1 Å². The molecule has 2 heterocycles. The van der Waals surface area contributed by atoms with Crippen LogP contribution in [0.5, 0.6) is 5.75 Å². The summed E-state index contributed by atoms with van der Waals surface area (Å²) in [6.07, 6.45) is -1.29. The molecule has 6 nitrogen and oxygen atoms in total. The fraction of sp³-hybridized carbons (Fsp3) is 0.115. The summed E-state index contributed by atoms with van der Waals surface area (Å²) in [4.78, 5) is 4.26. The molecule has 1 N–H and O–H groups in total. The first-order valence-corrected chi connectivity index (χ1v) is 10.7. The number of hydrogen-bond acceptors (Lipinski definition) is 5. The second-order valence-corrected chi connectivity index (χ2v) is 8.03. The van der Waals surface area contributed by atoms with E-state index in [1.807, 2.05) is 56.4 Å². The number of nitrogens with zero attached hydrogens (tertiary/aromatic N) is 4. The highest BCUT2D eigenvalue weighted by atomic mass is 19.4. The van der Waals surface area contributed by atoms with Gasteiger partial charge in [0.2, 0.25) is 0 Å². The van der Waals surface area contributed by atoms with Gasteiger partial charge in [-0.05, 0) is 65.9 Å². The molecule has 2 aromatic heterocycles. The molecule has 5 aromatic rings. The molecule has 0 aliphatic rings. The number of hydrazone groups is 1. The Balaban J connectivity index is 1.45. The Hall–Kier alpha value is -4.40. The Bertz CT molecular complexity index is 1560. The summed E-state index contributed by atoms with van der Waals surface area (Å²) < 4.78 is 43.1. The molecule has 0 fully saturated rings. The molecule has 35 heavy (non-hydrogen) atoms. The van der Waals surface area contributed by atoms with E-state index >= 15 is 0 Å². The Labute approximate surface area is 198 Å².